The summed E-state index contributed by atoms with van der Waals surface area (Å²) < 4.78 is 10.1. The highest BCUT2D eigenvalue weighted by Crippen LogP contribution is 2.16. The molecule has 3 amide bonds. The number of hydrogen-bond donors (Lipinski definition) is 2. The third-order valence-corrected chi connectivity index (χ3v) is 2.17. The van der Waals surface area contributed by atoms with Gasteiger partial charge in [-0.1, -0.05) is 0 Å². The summed E-state index contributed by atoms with van der Waals surface area (Å²) in [6, 6.07) is 1.97. The van der Waals surface area contributed by atoms with Crippen molar-refractivity contribution in [2.45, 2.75) is 20.0 Å². The summed E-state index contributed by atoms with van der Waals surface area (Å²) in [5.41, 5.74) is 4.89. The Morgan fingerprint density at radius 2 is 2.15 bits per heavy atom. The van der Waals surface area contributed by atoms with Crippen LogP contribution >= 0.6 is 0 Å². The number of hydrogen-bond acceptors (Lipinski definition) is 6. The normalized spacial score (nSPS) is 11.3. The van der Waals surface area contributed by atoms with Gasteiger partial charge < -0.3 is 15.2 Å². The Bertz CT molecular complexity index is 518. The first-order valence-corrected chi connectivity index (χ1v) is 5.84. The maximum absolute atomic E-state index is 11.9. The Hall–Kier alpha value is -2.64. The summed E-state index contributed by atoms with van der Waals surface area (Å²) in [6.07, 6.45) is 0.287. The molecule has 0 saturated heterocycles. The molecule has 3 N–H and O–H groups in total. The SMILES string of the molecule is CCOc1ncccc1C(=O)OC(C)C(=O)NC(N)=O. The quantitative estimate of drug-likeness (QED) is 0.745. The highest BCUT2D eigenvalue weighted by Gasteiger charge is 2.22. The number of nitrogens with two attached hydrogens (primary N) is 1. The number of esters is 1. The molecule has 0 fully saturated rings. The van der Waals surface area contributed by atoms with E-state index in [0.717, 1.165) is 0 Å². The van der Waals surface area contributed by atoms with Crippen molar-refractivity contribution in [1.29, 1.82) is 0 Å². The van der Waals surface area contributed by atoms with Gasteiger partial charge in [0.25, 0.3) is 5.91 Å². The smallest absolute Gasteiger partial charge is 0.344 e. The second-order valence-corrected chi connectivity index (χ2v) is 3.69. The minimum atomic E-state index is -1.18. The molecule has 20 heavy (non-hydrogen) atoms. The number of primary amides is 1. The van der Waals surface area contributed by atoms with E-state index in [-0.39, 0.29) is 11.4 Å². The molecule has 8 heteroatoms. The number of urea groups is 1. The number of aromatic nitrogens is 1. The fourth-order valence-corrected chi connectivity index (χ4v) is 1.30. The Labute approximate surface area is 115 Å². The number of rotatable bonds is 5. The first-order valence-electron chi connectivity index (χ1n) is 5.84. The van der Waals surface area contributed by atoms with Crippen molar-refractivity contribution in [1.82, 2.24) is 10.3 Å². The molecule has 1 heterocycles. The van der Waals surface area contributed by atoms with Gasteiger partial charge in [-0.3, -0.25) is 10.1 Å². The van der Waals surface area contributed by atoms with Crippen LogP contribution in [0.5, 0.6) is 5.88 Å². The fourth-order valence-electron chi connectivity index (χ4n) is 1.30. The van der Waals surface area contributed by atoms with E-state index in [4.69, 9.17) is 15.2 Å². The van der Waals surface area contributed by atoms with Crippen LogP contribution in [0.1, 0.15) is 24.2 Å². The number of nitrogens with one attached hydrogen (secondary N) is 1. The summed E-state index contributed by atoms with van der Waals surface area (Å²) in [5, 5.41) is 1.81. The van der Waals surface area contributed by atoms with Gasteiger partial charge in [0.05, 0.1) is 6.61 Å². The number of ether oxygens (including phenoxy) is 2. The van der Waals surface area contributed by atoms with E-state index in [1.54, 1.807) is 6.92 Å². The lowest BCUT2D eigenvalue weighted by molar-refractivity contribution is -0.127. The average Bonchev–Trinajstić information content (AvgIpc) is 2.38. The summed E-state index contributed by atoms with van der Waals surface area (Å²) in [5.74, 6) is -1.48. The molecule has 1 atom stereocenters. The van der Waals surface area contributed by atoms with Crippen molar-refractivity contribution in [2.75, 3.05) is 6.61 Å². The Morgan fingerprint density at radius 3 is 2.75 bits per heavy atom. The van der Waals surface area contributed by atoms with Crippen molar-refractivity contribution >= 4 is 17.9 Å². The summed E-state index contributed by atoms with van der Waals surface area (Å²) in [6.45, 7) is 3.38. The van der Waals surface area contributed by atoms with Crippen LogP contribution in [0, 0.1) is 0 Å². The van der Waals surface area contributed by atoms with E-state index in [9.17, 15) is 14.4 Å². The third-order valence-electron chi connectivity index (χ3n) is 2.17. The first kappa shape index (κ1) is 15.4. The zero-order valence-corrected chi connectivity index (χ0v) is 11.1. The highest BCUT2D eigenvalue weighted by atomic mass is 16.6. The van der Waals surface area contributed by atoms with Crippen LogP contribution in [0.3, 0.4) is 0 Å². The van der Waals surface area contributed by atoms with Crippen LogP contribution in [-0.4, -0.2) is 35.6 Å². The minimum absolute atomic E-state index is 0.0908. The summed E-state index contributed by atoms with van der Waals surface area (Å²) in [4.78, 5) is 37.7. The molecule has 0 saturated carbocycles. The molecule has 0 spiro atoms. The van der Waals surface area contributed by atoms with E-state index >= 15 is 0 Å². The molecule has 1 unspecified atom stereocenters. The van der Waals surface area contributed by atoms with E-state index < -0.39 is 24.0 Å². The lowest BCUT2D eigenvalue weighted by atomic mass is 10.2. The van der Waals surface area contributed by atoms with E-state index in [2.05, 4.69) is 4.98 Å². The van der Waals surface area contributed by atoms with E-state index in [1.165, 1.54) is 25.3 Å². The van der Waals surface area contributed by atoms with Crippen molar-refractivity contribution in [3.8, 4) is 5.88 Å². The largest absolute Gasteiger partial charge is 0.477 e. The number of amides is 3. The van der Waals surface area contributed by atoms with Crippen molar-refractivity contribution in [3.63, 3.8) is 0 Å². The Balaban J connectivity index is 2.76. The number of imide groups is 1. The predicted octanol–water partition coefficient (Wildman–Crippen LogP) is 0.220. The monoisotopic (exact) mass is 281 g/mol. The zero-order valence-electron chi connectivity index (χ0n) is 11.1. The van der Waals surface area contributed by atoms with E-state index in [1.807, 2.05) is 5.32 Å². The molecular formula is C12H15N3O5. The van der Waals surface area contributed by atoms with Crippen LogP contribution in [0.15, 0.2) is 18.3 Å². The van der Waals surface area contributed by atoms with Crippen molar-refractivity contribution < 1.29 is 23.9 Å². The van der Waals surface area contributed by atoms with Gasteiger partial charge in [0.2, 0.25) is 5.88 Å². The number of nitrogens with zero attached hydrogens (tertiary/aromatic N) is 1. The van der Waals surface area contributed by atoms with Crippen LogP contribution < -0.4 is 15.8 Å². The van der Waals surface area contributed by atoms with Crippen LogP contribution in [0.4, 0.5) is 4.79 Å². The molecular weight excluding hydrogens is 266 g/mol. The van der Waals surface area contributed by atoms with Crippen LogP contribution in [0.25, 0.3) is 0 Å². The maximum atomic E-state index is 11.9. The Kier molecular flexibility index (Phi) is 5.45. The van der Waals surface area contributed by atoms with Crippen molar-refractivity contribution in [3.05, 3.63) is 23.9 Å². The molecule has 0 aromatic carbocycles. The molecule has 8 nitrogen and oxygen atoms in total. The molecule has 0 radical (unpaired) electrons. The van der Waals surface area contributed by atoms with E-state index in [0.29, 0.717) is 6.61 Å². The third kappa shape index (κ3) is 4.23. The summed E-state index contributed by atoms with van der Waals surface area (Å²) in [7, 11) is 0. The molecule has 1 rings (SSSR count). The second kappa shape index (κ2) is 7.07. The van der Waals surface area contributed by atoms with Gasteiger partial charge in [-0.25, -0.2) is 14.6 Å². The molecule has 0 aliphatic heterocycles. The Morgan fingerprint density at radius 1 is 1.45 bits per heavy atom. The molecule has 108 valence electrons. The van der Waals surface area contributed by atoms with Gasteiger partial charge in [-0.2, -0.15) is 0 Å². The van der Waals surface area contributed by atoms with Crippen LogP contribution in [-0.2, 0) is 9.53 Å². The second-order valence-electron chi connectivity index (χ2n) is 3.69. The van der Waals surface area contributed by atoms with Gasteiger partial charge in [0.1, 0.15) is 5.56 Å². The lowest BCUT2D eigenvalue weighted by Gasteiger charge is -2.13. The zero-order chi connectivity index (χ0) is 15.1. The molecule has 0 aliphatic carbocycles. The van der Waals surface area contributed by atoms with Gasteiger partial charge >= 0.3 is 12.0 Å². The molecule has 0 bridgehead atoms. The average molecular weight is 281 g/mol. The fraction of sp³-hybridized carbons (Fsp3) is 0.333. The minimum Gasteiger partial charge on any atom is -0.477 e. The number of carbonyl (C=O) groups is 3. The van der Waals surface area contributed by atoms with Crippen LogP contribution in [0.2, 0.25) is 0 Å². The van der Waals surface area contributed by atoms with Gasteiger partial charge in [-0.15, -0.1) is 0 Å². The predicted molar refractivity (Wildman–Crippen MR) is 68.0 cm³/mol. The number of pyridine rings is 1. The molecule has 0 aliphatic rings. The van der Waals surface area contributed by atoms with Gasteiger partial charge in [-0.05, 0) is 26.0 Å². The molecule has 1 aromatic heterocycles. The summed E-state index contributed by atoms with van der Waals surface area (Å²) >= 11 is 0. The highest BCUT2D eigenvalue weighted by molar-refractivity contribution is 5.98. The van der Waals surface area contributed by atoms with Gasteiger partial charge in [0.15, 0.2) is 6.10 Å². The number of carbonyl (C=O) groups excluding carboxylic acids is 3. The first-order chi connectivity index (χ1) is 9.45. The van der Waals surface area contributed by atoms with Gasteiger partial charge in [0, 0.05) is 6.20 Å². The lowest BCUT2D eigenvalue weighted by Crippen LogP contribution is -2.42. The standard InChI is InChI=1S/C12H15N3O5/c1-3-19-10-8(5-4-6-14-10)11(17)20-7(2)9(16)15-12(13)18/h4-7H,3H2,1-2H3,(H3,13,15,16,18). The van der Waals surface area contributed by atoms with Crippen molar-refractivity contribution in [2.24, 2.45) is 5.73 Å². The molecule has 1 aromatic rings. The maximum Gasteiger partial charge on any atom is 0.344 e. The topological polar surface area (TPSA) is 121 Å².